The summed E-state index contributed by atoms with van der Waals surface area (Å²) in [7, 11) is 0. The first kappa shape index (κ1) is 17.3. The summed E-state index contributed by atoms with van der Waals surface area (Å²) in [6.45, 7) is 6.90. The Morgan fingerprint density at radius 3 is 2.50 bits per heavy atom. The molecule has 24 heavy (non-hydrogen) atoms. The molecule has 2 aromatic heterocycles. The number of aromatic nitrogens is 4. The van der Waals surface area contributed by atoms with E-state index in [9.17, 15) is 14.4 Å². The van der Waals surface area contributed by atoms with Gasteiger partial charge >= 0.3 is 12.0 Å². The molecule has 2 rings (SSSR count). The van der Waals surface area contributed by atoms with E-state index >= 15 is 0 Å². The molecule has 0 aliphatic heterocycles. The number of hydrogen-bond donors (Lipinski definition) is 2. The van der Waals surface area contributed by atoms with Crippen LogP contribution >= 0.6 is 0 Å². The largest absolute Gasteiger partial charge is 0.446 e. The average molecular weight is 334 g/mol. The third-order valence-corrected chi connectivity index (χ3v) is 3.15. The van der Waals surface area contributed by atoms with Crippen molar-refractivity contribution in [2.45, 2.75) is 33.8 Å². The Labute approximate surface area is 137 Å². The highest BCUT2D eigenvalue weighted by Gasteiger charge is 2.29. The second-order valence-electron chi connectivity index (χ2n) is 5.61. The van der Waals surface area contributed by atoms with Crippen molar-refractivity contribution in [3.8, 4) is 0 Å². The highest BCUT2D eigenvalue weighted by atomic mass is 16.5. The molecule has 1 atom stereocenters. The Bertz CT molecular complexity index is 813. The Morgan fingerprint density at radius 2 is 1.92 bits per heavy atom. The fraction of sp³-hybridized carbons (Fsp3) is 0.429. The summed E-state index contributed by atoms with van der Waals surface area (Å²) < 4.78 is 6.54. The first-order valence-corrected chi connectivity index (χ1v) is 7.21. The van der Waals surface area contributed by atoms with Gasteiger partial charge in [0.15, 0.2) is 6.10 Å². The van der Waals surface area contributed by atoms with Gasteiger partial charge in [0.1, 0.15) is 0 Å². The molecule has 0 aromatic carbocycles. The van der Waals surface area contributed by atoms with Gasteiger partial charge in [0, 0.05) is 11.4 Å². The van der Waals surface area contributed by atoms with Gasteiger partial charge in [0.05, 0.1) is 0 Å². The summed E-state index contributed by atoms with van der Waals surface area (Å²) in [5, 5.41) is 5.92. The summed E-state index contributed by atoms with van der Waals surface area (Å²) in [4.78, 5) is 43.1. The van der Waals surface area contributed by atoms with E-state index in [2.05, 4.69) is 15.1 Å². The molecule has 128 valence electrons. The van der Waals surface area contributed by atoms with Gasteiger partial charge in [-0.25, -0.2) is 19.1 Å². The summed E-state index contributed by atoms with van der Waals surface area (Å²) >= 11 is 0. The Kier molecular flexibility index (Phi) is 4.77. The van der Waals surface area contributed by atoms with Gasteiger partial charge in [-0.15, -0.1) is 5.10 Å². The number of imide groups is 1. The number of fused-ring (bicyclic) bond motifs is 1. The van der Waals surface area contributed by atoms with E-state index in [1.54, 1.807) is 33.8 Å². The number of nitrogens with one attached hydrogen (secondary N) is 1. The Morgan fingerprint density at radius 1 is 1.25 bits per heavy atom. The molecule has 2 aromatic rings. The number of rotatable bonds is 4. The molecule has 0 saturated heterocycles. The molecule has 10 nitrogen and oxygen atoms in total. The monoisotopic (exact) mass is 334 g/mol. The molecule has 0 aliphatic rings. The maximum atomic E-state index is 12.2. The maximum Gasteiger partial charge on any atom is 0.379 e. The molecule has 0 fully saturated rings. The van der Waals surface area contributed by atoms with E-state index in [-0.39, 0.29) is 17.5 Å². The zero-order valence-corrected chi connectivity index (χ0v) is 13.7. The first-order chi connectivity index (χ1) is 11.2. The van der Waals surface area contributed by atoms with Crippen LogP contribution in [0.25, 0.3) is 5.78 Å². The van der Waals surface area contributed by atoms with Crippen LogP contribution in [0.3, 0.4) is 0 Å². The number of hydrogen-bond acceptors (Lipinski definition) is 7. The average Bonchev–Trinajstić information content (AvgIpc) is 2.87. The first-order valence-electron chi connectivity index (χ1n) is 7.21. The van der Waals surface area contributed by atoms with Gasteiger partial charge in [0.2, 0.25) is 0 Å². The molecule has 0 bridgehead atoms. The fourth-order valence-corrected chi connectivity index (χ4v) is 2.11. The van der Waals surface area contributed by atoms with Crippen LogP contribution < -0.4 is 11.1 Å². The van der Waals surface area contributed by atoms with Crippen molar-refractivity contribution in [2.24, 2.45) is 11.7 Å². The summed E-state index contributed by atoms with van der Waals surface area (Å²) in [6.07, 6.45) is -1.20. The van der Waals surface area contributed by atoms with Crippen molar-refractivity contribution in [1.29, 1.82) is 0 Å². The predicted octanol–water partition coefficient (Wildman–Crippen LogP) is 0.117. The number of ether oxygens (including phenoxy) is 1. The molecule has 2 heterocycles. The molecule has 10 heteroatoms. The quantitative estimate of drug-likeness (QED) is 0.756. The lowest BCUT2D eigenvalue weighted by Gasteiger charge is -2.18. The van der Waals surface area contributed by atoms with Gasteiger partial charge in [-0.3, -0.25) is 10.1 Å². The number of aryl methyl sites for hydroxylation is 2. The standard InChI is InChI=1S/C14H18N6O4/c1-6(2)9(11(21)18-13(15)23)24-12(22)10-17-14-16-7(3)5-8(4)20(14)19-10/h5-6,9H,1-4H3,(H3,15,18,21,23)/t9-/m0/s1. The highest BCUT2D eigenvalue weighted by Crippen LogP contribution is 2.11. The highest BCUT2D eigenvalue weighted by molar-refractivity contribution is 5.97. The maximum absolute atomic E-state index is 12.2. The molecule has 0 spiro atoms. The van der Waals surface area contributed by atoms with Crippen LogP contribution in [0, 0.1) is 19.8 Å². The molecule has 3 amide bonds. The number of urea groups is 1. The van der Waals surface area contributed by atoms with Crippen molar-refractivity contribution < 1.29 is 19.1 Å². The SMILES string of the molecule is Cc1cc(C)n2nc(C(=O)O[C@H](C(=O)NC(N)=O)C(C)C)nc2n1. The Hall–Kier alpha value is -3.04. The van der Waals surface area contributed by atoms with E-state index in [0.717, 1.165) is 11.4 Å². The topological polar surface area (TPSA) is 142 Å². The van der Waals surface area contributed by atoms with Gasteiger partial charge in [0.25, 0.3) is 17.5 Å². The molecule has 0 saturated carbocycles. The minimum Gasteiger partial charge on any atom is -0.446 e. The molecule has 0 aliphatic carbocycles. The number of amides is 3. The predicted molar refractivity (Wildman–Crippen MR) is 82.0 cm³/mol. The number of carbonyl (C=O) groups excluding carboxylic acids is 3. The number of nitrogens with two attached hydrogens (primary N) is 1. The van der Waals surface area contributed by atoms with Gasteiger partial charge in [-0.2, -0.15) is 4.98 Å². The molecular weight excluding hydrogens is 316 g/mol. The minimum atomic E-state index is -1.20. The van der Waals surface area contributed by atoms with E-state index in [4.69, 9.17) is 10.5 Å². The second kappa shape index (κ2) is 6.60. The van der Waals surface area contributed by atoms with Crippen LogP contribution in [0.2, 0.25) is 0 Å². The molecule has 3 N–H and O–H groups in total. The van der Waals surface area contributed by atoms with Gasteiger partial charge in [-0.1, -0.05) is 13.8 Å². The van der Waals surface area contributed by atoms with Crippen LogP contribution in [0.5, 0.6) is 0 Å². The number of carbonyl (C=O) groups is 3. The van der Waals surface area contributed by atoms with Crippen molar-refractivity contribution in [3.63, 3.8) is 0 Å². The van der Waals surface area contributed by atoms with E-state index in [1.165, 1.54) is 4.52 Å². The fourth-order valence-electron chi connectivity index (χ4n) is 2.11. The third kappa shape index (κ3) is 3.65. The second-order valence-corrected chi connectivity index (χ2v) is 5.61. The molecule has 0 unspecified atom stereocenters. The normalized spacial score (nSPS) is 12.2. The smallest absolute Gasteiger partial charge is 0.379 e. The summed E-state index contributed by atoms with van der Waals surface area (Å²) in [5.74, 6) is -2.06. The zero-order valence-electron chi connectivity index (χ0n) is 13.7. The zero-order chi connectivity index (χ0) is 18.0. The van der Waals surface area contributed by atoms with E-state index in [1.807, 2.05) is 5.32 Å². The van der Waals surface area contributed by atoms with Crippen LogP contribution in [-0.4, -0.2) is 43.6 Å². The molecule has 0 radical (unpaired) electrons. The number of primary amides is 1. The number of esters is 1. The van der Waals surface area contributed by atoms with Crippen molar-refractivity contribution in [3.05, 3.63) is 23.3 Å². The van der Waals surface area contributed by atoms with Gasteiger partial charge < -0.3 is 10.5 Å². The lowest BCUT2D eigenvalue weighted by Crippen LogP contribution is -2.45. The Balaban J connectivity index is 2.25. The summed E-state index contributed by atoms with van der Waals surface area (Å²) in [5.41, 5.74) is 6.38. The molecular formula is C14H18N6O4. The van der Waals surface area contributed by atoms with Crippen LogP contribution in [0.1, 0.15) is 35.9 Å². The van der Waals surface area contributed by atoms with Crippen molar-refractivity contribution >= 4 is 23.7 Å². The number of nitrogens with zero attached hydrogens (tertiary/aromatic N) is 4. The van der Waals surface area contributed by atoms with Gasteiger partial charge in [-0.05, 0) is 25.8 Å². The van der Waals surface area contributed by atoms with Crippen LogP contribution in [0.15, 0.2) is 6.07 Å². The summed E-state index contributed by atoms with van der Waals surface area (Å²) in [6, 6.07) is 0.761. The lowest BCUT2D eigenvalue weighted by atomic mass is 10.1. The van der Waals surface area contributed by atoms with E-state index < -0.39 is 24.0 Å². The van der Waals surface area contributed by atoms with E-state index in [0.29, 0.717) is 0 Å². The van der Waals surface area contributed by atoms with Crippen LogP contribution in [0.4, 0.5) is 4.79 Å². The lowest BCUT2D eigenvalue weighted by molar-refractivity contribution is -0.130. The van der Waals surface area contributed by atoms with Crippen LogP contribution in [-0.2, 0) is 9.53 Å². The van der Waals surface area contributed by atoms with Crippen molar-refractivity contribution in [1.82, 2.24) is 24.9 Å². The minimum absolute atomic E-state index is 0.228. The van der Waals surface area contributed by atoms with Crippen molar-refractivity contribution in [2.75, 3.05) is 0 Å². The third-order valence-electron chi connectivity index (χ3n) is 3.15.